The van der Waals surface area contributed by atoms with Crippen LogP contribution < -0.4 is 4.90 Å². The van der Waals surface area contributed by atoms with E-state index in [1.54, 1.807) is 16.8 Å². The van der Waals surface area contributed by atoms with Crippen LogP contribution in [0.5, 0.6) is 0 Å². The molecule has 1 fully saturated rings. The van der Waals surface area contributed by atoms with Crippen molar-refractivity contribution in [3.8, 4) is 0 Å². The number of rotatable bonds is 2. The minimum absolute atomic E-state index is 0.0300. The highest BCUT2D eigenvalue weighted by atomic mass is 32.1. The molecule has 3 aromatic rings. The number of hydrogen-bond donors (Lipinski definition) is 0. The quantitative estimate of drug-likeness (QED) is 0.718. The number of carbonyl (C=O) groups excluding carboxylic acids is 1. The van der Waals surface area contributed by atoms with Crippen LogP contribution in [-0.2, 0) is 7.05 Å². The molecule has 7 heteroatoms. The summed E-state index contributed by atoms with van der Waals surface area (Å²) in [4.78, 5) is 17.5. The van der Waals surface area contributed by atoms with E-state index in [2.05, 4.69) is 10.00 Å². The molecule has 0 spiro atoms. The van der Waals surface area contributed by atoms with Gasteiger partial charge in [-0.3, -0.25) is 9.48 Å². The molecule has 3 heterocycles. The van der Waals surface area contributed by atoms with E-state index in [0.29, 0.717) is 18.0 Å². The van der Waals surface area contributed by atoms with Gasteiger partial charge in [0, 0.05) is 44.1 Å². The molecule has 2 aromatic heterocycles. The Hall–Kier alpha value is -2.41. The lowest BCUT2D eigenvalue weighted by atomic mass is 10.2. The Morgan fingerprint density at radius 3 is 2.71 bits per heavy atom. The maximum absolute atomic E-state index is 13.3. The van der Waals surface area contributed by atoms with Crippen LogP contribution in [0.25, 0.3) is 10.1 Å². The zero-order chi connectivity index (χ0) is 16.7. The number of piperazine rings is 1. The number of anilines is 1. The van der Waals surface area contributed by atoms with Gasteiger partial charge in [-0.05, 0) is 29.7 Å². The van der Waals surface area contributed by atoms with Crippen LogP contribution in [0.4, 0.5) is 10.1 Å². The Balaban J connectivity index is 1.47. The average Bonchev–Trinajstić information content (AvgIpc) is 3.20. The second-order valence-electron chi connectivity index (χ2n) is 5.94. The van der Waals surface area contributed by atoms with Crippen LogP contribution in [0, 0.1) is 5.82 Å². The molecule has 0 aliphatic carbocycles. The minimum atomic E-state index is -0.274. The van der Waals surface area contributed by atoms with Gasteiger partial charge in [0.05, 0.1) is 16.8 Å². The molecular formula is C17H17FN4OS. The number of nitrogens with zero attached hydrogens (tertiary/aromatic N) is 4. The number of aromatic nitrogens is 2. The molecule has 0 N–H and O–H groups in total. The van der Waals surface area contributed by atoms with Crippen molar-refractivity contribution in [3.63, 3.8) is 0 Å². The third-order valence-electron chi connectivity index (χ3n) is 4.31. The van der Waals surface area contributed by atoms with E-state index in [-0.39, 0.29) is 11.7 Å². The second kappa shape index (κ2) is 5.90. The number of aryl methyl sites for hydroxylation is 1. The molecule has 1 saturated heterocycles. The number of carbonyl (C=O) groups is 1. The van der Waals surface area contributed by atoms with E-state index in [1.165, 1.54) is 23.5 Å². The Bertz CT molecular complexity index is 895. The maximum Gasteiger partial charge on any atom is 0.264 e. The van der Waals surface area contributed by atoms with E-state index in [1.807, 2.05) is 24.3 Å². The summed E-state index contributed by atoms with van der Waals surface area (Å²) in [5.41, 5.74) is 1.09. The topological polar surface area (TPSA) is 41.4 Å². The van der Waals surface area contributed by atoms with Gasteiger partial charge in [0.1, 0.15) is 5.82 Å². The third kappa shape index (κ3) is 2.75. The number of thiophene rings is 1. The highest BCUT2D eigenvalue weighted by Gasteiger charge is 2.24. The zero-order valence-electron chi connectivity index (χ0n) is 13.3. The summed E-state index contributed by atoms with van der Waals surface area (Å²) in [6.45, 7) is 2.93. The third-order valence-corrected chi connectivity index (χ3v) is 5.42. The molecule has 1 amide bonds. The van der Waals surface area contributed by atoms with Crippen LogP contribution in [0.15, 0.2) is 36.7 Å². The number of benzene rings is 1. The monoisotopic (exact) mass is 344 g/mol. The Kier molecular flexibility index (Phi) is 3.72. The summed E-state index contributed by atoms with van der Waals surface area (Å²) in [6, 6.07) is 6.42. The average molecular weight is 344 g/mol. The predicted molar refractivity (Wildman–Crippen MR) is 93.1 cm³/mol. The van der Waals surface area contributed by atoms with Gasteiger partial charge in [-0.1, -0.05) is 0 Å². The van der Waals surface area contributed by atoms with Gasteiger partial charge in [-0.15, -0.1) is 11.3 Å². The first kappa shape index (κ1) is 15.1. The summed E-state index contributed by atoms with van der Waals surface area (Å²) in [6.07, 6.45) is 3.83. The SMILES string of the molecule is Cn1cc(N2CCN(C(=O)c3cc4cc(F)ccc4s3)CC2)cn1. The van der Waals surface area contributed by atoms with Crippen LogP contribution in [-0.4, -0.2) is 46.8 Å². The summed E-state index contributed by atoms with van der Waals surface area (Å²) in [5.74, 6) is -0.244. The van der Waals surface area contributed by atoms with Gasteiger partial charge < -0.3 is 9.80 Å². The van der Waals surface area contributed by atoms with Crippen LogP contribution >= 0.6 is 11.3 Å². The van der Waals surface area contributed by atoms with Crippen molar-refractivity contribution < 1.29 is 9.18 Å². The number of halogens is 1. The first-order valence-electron chi connectivity index (χ1n) is 7.82. The normalized spacial score (nSPS) is 15.2. The number of amides is 1. The second-order valence-corrected chi connectivity index (χ2v) is 7.03. The Morgan fingerprint density at radius 2 is 2.00 bits per heavy atom. The van der Waals surface area contributed by atoms with Crippen LogP contribution in [0.2, 0.25) is 0 Å². The maximum atomic E-state index is 13.3. The highest BCUT2D eigenvalue weighted by molar-refractivity contribution is 7.20. The van der Waals surface area contributed by atoms with E-state index in [4.69, 9.17) is 0 Å². The first-order chi connectivity index (χ1) is 11.6. The van der Waals surface area contributed by atoms with E-state index >= 15 is 0 Å². The van der Waals surface area contributed by atoms with Crippen LogP contribution in [0.1, 0.15) is 9.67 Å². The molecular weight excluding hydrogens is 327 g/mol. The van der Waals surface area contributed by atoms with Gasteiger partial charge in [-0.25, -0.2) is 4.39 Å². The van der Waals surface area contributed by atoms with Gasteiger partial charge in [0.2, 0.25) is 0 Å². The standard InChI is InChI=1S/C17H17FN4OS/c1-20-11-14(10-19-20)21-4-6-22(7-5-21)17(23)16-9-12-8-13(18)2-3-15(12)24-16/h2-3,8-11H,4-7H2,1H3. The van der Waals surface area contributed by atoms with Crippen molar-refractivity contribution in [1.29, 1.82) is 0 Å². The fraction of sp³-hybridized carbons (Fsp3) is 0.294. The first-order valence-corrected chi connectivity index (χ1v) is 8.64. The Labute approximate surface area is 142 Å². The molecule has 1 aliphatic rings. The summed E-state index contributed by atoms with van der Waals surface area (Å²) in [7, 11) is 1.90. The molecule has 0 atom stereocenters. The molecule has 1 aromatic carbocycles. The van der Waals surface area contributed by atoms with Gasteiger partial charge in [-0.2, -0.15) is 5.10 Å². The smallest absolute Gasteiger partial charge is 0.264 e. The molecule has 4 rings (SSSR count). The van der Waals surface area contributed by atoms with E-state index < -0.39 is 0 Å². The molecule has 24 heavy (non-hydrogen) atoms. The highest BCUT2D eigenvalue weighted by Crippen LogP contribution is 2.27. The Morgan fingerprint density at radius 1 is 1.21 bits per heavy atom. The molecule has 0 unspecified atom stereocenters. The fourth-order valence-electron chi connectivity index (χ4n) is 3.01. The lowest BCUT2D eigenvalue weighted by molar-refractivity contribution is 0.0751. The van der Waals surface area contributed by atoms with Crippen molar-refractivity contribution in [2.75, 3.05) is 31.1 Å². The van der Waals surface area contributed by atoms with E-state index in [0.717, 1.165) is 28.9 Å². The summed E-state index contributed by atoms with van der Waals surface area (Å²) >= 11 is 1.42. The van der Waals surface area contributed by atoms with Crippen molar-refractivity contribution in [2.24, 2.45) is 7.05 Å². The molecule has 0 radical (unpaired) electrons. The molecule has 124 valence electrons. The van der Waals surface area contributed by atoms with Gasteiger partial charge in [0.25, 0.3) is 5.91 Å². The van der Waals surface area contributed by atoms with Crippen molar-refractivity contribution in [3.05, 3.63) is 47.4 Å². The van der Waals surface area contributed by atoms with Crippen LogP contribution in [0.3, 0.4) is 0 Å². The number of hydrogen-bond acceptors (Lipinski definition) is 4. The molecule has 1 aliphatic heterocycles. The van der Waals surface area contributed by atoms with E-state index in [9.17, 15) is 9.18 Å². The lowest BCUT2D eigenvalue weighted by Crippen LogP contribution is -2.48. The van der Waals surface area contributed by atoms with Gasteiger partial charge >= 0.3 is 0 Å². The lowest BCUT2D eigenvalue weighted by Gasteiger charge is -2.35. The molecule has 0 bridgehead atoms. The largest absolute Gasteiger partial charge is 0.365 e. The molecule has 5 nitrogen and oxygen atoms in total. The zero-order valence-corrected chi connectivity index (χ0v) is 14.1. The minimum Gasteiger partial charge on any atom is -0.365 e. The summed E-state index contributed by atoms with van der Waals surface area (Å²) < 4.78 is 16.0. The van der Waals surface area contributed by atoms with Gasteiger partial charge in [0.15, 0.2) is 0 Å². The van der Waals surface area contributed by atoms with Crippen molar-refractivity contribution in [2.45, 2.75) is 0 Å². The fourth-order valence-corrected chi connectivity index (χ4v) is 4.03. The number of fused-ring (bicyclic) bond motifs is 1. The molecule has 0 saturated carbocycles. The summed E-state index contributed by atoms with van der Waals surface area (Å²) in [5, 5.41) is 4.98. The van der Waals surface area contributed by atoms with Crippen molar-refractivity contribution >= 4 is 33.0 Å². The predicted octanol–water partition coefficient (Wildman–Crippen LogP) is 2.74. The van der Waals surface area contributed by atoms with Crippen molar-refractivity contribution in [1.82, 2.24) is 14.7 Å².